The van der Waals surface area contributed by atoms with Crippen molar-refractivity contribution in [1.82, 2.24) is 10.6 Å². The number of nitrogens with one attached hydrogen (secondary N) is 2. The van der Waals surface area contributed by atoms with Gasteiger partial charge in [0.2, 0.25) is 5.91 Å². The van der Waals surface area contributed by atoms with Gasteiger partial charge in [0.05, 0.1) is 12.1 Å². The van der Waals surface area contributed by atoms with Gasteiger partial charge in [0.1, 0.15) is 6.04 Å². The van der Waals surface area contributed by atoms with E-state index in [9.17, 15) is 27.9 Å². The maximum Gasteiger partial charge on any atom is 0.490 e. The number of carboxylic acid groups (broad SMARTS) is 2. The number of hydrogen-bond acceptors (Lipinski definition) is 5. The first-order valence-electron chi connectivity index (χ1n) is 9.51. The highest BCUT2D eigenvalue weighted by Gasteiger charge is 2.44. The van der Waals surface area contributed by atoms with Gasteiger partial charge in [-0.05, 0) is 25.2 Å². The fraction of sp³-hybridized carbons (Fsp3) is 0.737. The van der Waals surface area contributed by atoms with Crippen molar-refractivity contribution in [1.29, 1.82) is 0 Å². The lowest BCUT2D eigenvalue weighted by Crippen LogP contribution is -2.58. The predicted octanol–water partition coefficient (Wildman–Crippen LogP) is 2.19. The Morgan fingerprint density at radius 2 is 1.83 bits per heavy atom. The summed E-state index contributed by atoms with van der Waals surface area (Å²) in [6, 6.07) is -1.06. The van der Waals surface area contributed by atoms with Crippen LogP contribution in [0.1, 0.15) is 40.5 Å². The van der Waals surface area contributed by atoms with Crippen LogP contribution in [0.2, 0.25) is 0 Å². The maximum absolute atomic E-state index is 11.7. The molecule has 0 aliphatic carbocycles. The minimum atomic E-state index is -5.08. The number of halogens is 3. The molecule has 0 aromatic carbocycles. The molecule has 8 nitrogen and oxygen atoms in total. The number of carbonyl (C=O) groups is 3. The van der Waals surface area contributed by atoms with E-state index in [-0.39, 0.29) is 35.9 Å². The largest absolute Gasteiger partial charge is 0.490 e. The first-order chi connectivity index (χ1) is 13.8. The molecule has 0 saturated carbocycles. The number of methoxy groups -OCH3 is 1. The summed E-state index contributed by atoms with van der Waals surface area (Å²) in [4.78, 5) is 32.0. The van der Waals surface area contributed by atoms with Crippen molar-refractivity contribution in [2.45, 2.75) is 70.9 Å². The number of amides is 1. The lowest BCUT2D eigenvalue weighted by molar-refractivity contribution is -0.192. The van der Waals surface area contributed by atoms with Gasteiger partial charge < -0.3 is 20.3 Å². The zero-order valence-electron chi connectivity index (χ0n) is 17.7. The smallest absolute Gasteiger partial charge is 0.480 e. The molecule has 1 saturated heterocycles. The second-order valence-corrected chi connectivity index (χ2v) is 7.12. The first kappa shape index (κ1) is 27.9. The van der Waals surface area contributed by atoms with Crippen molar-refractivity contribution >= 4 is 17.8 Å². The van der Waals surface area contributed by atoms with Crippen molar-refractivity contribution in [2.24, 2.45) is 11.8 Å². The van der Waals surface area contributed by atoms with Gasteiger partial charge in [0, 0.05) is 20.1 Å². The molecule has 4 N–H and O–H groups in total. The van der Waals surface area contributed by atoms with Crippen LogP contribution < -0.4 is 10.6 Å². The molecule has 6 atom stereocenters. The van der Waals surface area contributed by atoms with Crippen LogP contribution in [-0.2, 0) is 19.1 Å². The Balaban J connectivity index is 0.00000103. The Hall–Kier alpha value is -2.14. The van der Waals surface area contributed by atoms with E-state index < -0.39 is 24.2 Å². The number of carboxylic acids is 2. The number of allylic oxidation sites excluding steroid dienone is 1. The quantitative estimate of drug-likeness (QED) is 0.427. The number of aliphatic carboxylic acids is 2. The number of carbonyl (C=O) groups excluding carboxylic acids is 1. The third kappa shape index (κ3) is 8.70. The second kappa shape index (κ2) is 12.5. The normalized spacial score (nSPS) is 24.5. The van der Waals surface area contributed by atoms with Gasteiger partial charge in [0.15, 0.2) is 0 Å². The van der Waals surface area contributed by atoms with Gasteiger partial charge >= 0.3 is 18.1 Å². The lowest BCUT2D eigenvalue weighted by atomic mass is 9.85. The Bertz CT molecular complexity index is 612. The zero-order valence-corrected chi connectivity index (χ0v) is 17.7. The monoisotopic (exact) mass is 440 g/mol. The molecule has 0 radical (unpaired) electrons. The van der Waals surface area contributed by atoms with E-state index in [1.54, 1.807) is 7.11 Å². The van der Waals surface area contributed by atoms with E-state index in [0.29, 0.717) is 6.42 Å². The van der Waals surface area contributed by atoms with Gasteiger partial charge in [-0.3, -0.25) is 14.9 Å². The molecular weight excluding hydrogens is 409 g/mol. The number of rotatable bonds is 8. The molecule has 0 bridgehead atoms. The molecule has 1 fully saturated rings. The van der Waals surface area contributed by atoms with Crippen molar-refractivity contribution < 1.29 is 42.5 Å². The molecule has 0 aromatic heterocycles. The molecule has 0 aromatic rings. The summed E-state index contributed by atoms with van der Waals surface area (Å²) < 4.78 is 37.4. The van der Waals surface area contributed by atoms with E-state index in [4.69, 9.17) is 14.6 Å². The average molecular weight is 440 g/mol. The summed E-state index contributed by atoms with van der Waals surface area (Å²) in [5.74, 6) is -3.47. The van der Waals surface area contributed by atoms with E-state index in [2.05, 4.69) is 24.5 Å². The third-order valence-electron chi connectivity index (χ3n) is 4.93. The zero-order chi connectivity index (χ0) is 23.6. The van der Waals surface area contributed by atoms with Crippen LogP contribution in [0.3, 0.4) is 0 Å². The molecule has 1 rings (SSSR count). The molecule has 1 amide bonds. The van der Waals surface area contributed by atoms with Crippen molar-refractivity contribution in [3.05, 3.63) is 12.2 Å². The van der Waals surface area contributed by atoms with Gasteiger partial charge in [-0.15, -0.1) is 0 Å². The number of hydrogen-bond donors (Lipinski definition) is 4. The molecular formula is C19H31F3N2O6. The molecule has 1 aliphatic heterocycles. The summed E-state index contributed by atoms with van der Waals surface area (Å²) in [6.07, 6.45) is 0.106. The summed E-state index contributed by atoms with van der Waals surface area (Å²) in [7, 11) is 1.64. The Morgan fingerprint density at radius 3 is 2.17 bits per heavy atom. The maximum atomic E-state index is 11.7. The third-order valence-corrected chi connectivity index (χ3v) is 4.93. The van der Waals surface area contributed by atoms with Crippen molar-refractivity contribution in [3.8, 4) is 0 Å². The summed E-state index contributed by atoms with van der Waals surface area (Å²) >= 11 is 0. The van der Waals surface area contributed by atoms with Crippen LogP contribution in [-0.4, -0.2) is 65.6 Å². The van der Waals surface area contributed by atoms with Crippen LogP contribution in [0.4, 0.5) is 13.2 Å². The van der Waals surface area contributed by atoms with Crippen LogP contribution in [0.5, 0.6) is 0 Å². The van der Waals surface area contributed by atoms with Crippen LogP contribution in [0.25, 0.3) is 0 Å². The van der Waals surface area contributed by atoms with Crippen molar-refractivity contribution in [2.75, 3.05) is 7.11 Å². The van der Waals surface area contributed by atoms with Gasteiger partial charge in [0.25, 0.3) is 0 Å². The number of alkyl halides is 3. The number of ether oxygens (including phenoxy) is 1. The molecule has 0 unspecified atom stereocenters. The Kier molecular flexibility index (Phi) is 11.6. The molecule has 1 heterocycles. The van der Waals surface area contributed by atoms with Gasteiger partial charge in [-0.1, -0.05) is 32.4 Å². The minimum absolute atomic E-state index is 0.0413. The van der Waals surface area contributed by atoms with Crippen LogP contribution in [0, 0.1) is 11.8 Å². The fourth-order valence-electron chi connectivity index (χ4n) is 3.41. The lowest BCUT2D eigenvalue weighted by Gasteiger charge is -2.36. The molecule has 0 spiro atoms. The topological polar surface area (TPSA) is 125 Å². The summed E-state index contributed by atoms with van der Waals surface area (Å²) in [5, 5.41) is 22.6. The first-order valence-corrected chi connectivity index (χ1v) is 9.51. The Morgan fingerprint density at radius 1 is 1.30 bits per heavy atom. The molecule has 174 valence electrons. The SMILES string of the molecule is C/C=C\[C@@H]1C[C@H](C(=O)O)N[C@H]1[C@@H](NC(C)=O)[C@@H](OC)[C@@H](C)CC.O=C(O)C(F)(F)F. The van der Waals surface area contributed by atoms with E-state index in [0.717, 1.165) is 6.42 Å². The highest BCUT2D eigenvalue weighted by Crippen LogP contribution is 2.29. The average Bonchev–Trinajstić information content (AvgIpc) is 3.05. The standard InChI is InChI=1S/C17H30N2O4.C2HF3O2/c1-6-8-12-9-13(17(21)22)19-14(12)15(18-11(4)20)16(23-5)10(3)7-2;3-2(4,5)1(6)7/h6,8,10,12-16,19H,7,9H2,1-5H3,(H,18,20)(H,21,22);(H,6,7)/b8-6-;/t10-,12+,13+,14+,15+,16-;/m0./s1. The summed E-state index contributed by atoms with van der Waals surface area (Å²) in [5.41, 5.74) is 0. The molecule has 11 heteroatoms. The van der Waals surface area contributed by atoms with E-state index in [1.165, 1.54) is 6.92 Å². The van der Waals surface area contributed by atoms with E-state index >= 15 is 0 Å². The minimum Gasteiger partial charge on any atom is -0.480 e. The predicted molar refractivity (Wildman–Crippen MR) is 103 cm³/mol. The fourth-order valence-corrected chi connectivity index (χ4v) is 3.41. The second-order valence-electron chi connectivity index (χ2n) is 7.12. The van der Waals surface area contributed by atoms with Crippen LogP contribution in [0.15, 0.2) is 12.2 Å². The van der Waals surface area contributed by atoms with Gasteiger partial charge in [-0.25, -0.2) is 4.79 Å². The van der Waals surface area contributed by atoms with Crippen LogP contribution >= 0.6 is 0 Å². The highest BCUT2D eigenvalue weighted by atomic mass is 19.4. The summed E-state index contributed by atoms with van der Waals surface area (Å²) in [6.45, 7) is 7.55. The Labute approximate surface area is 173 Å². The molecule has 30 heavy (non-hydrogen) atoms. The van der Waals surface area contributed by atoms with Gasteiger partial charge in [-0.2, -0.15) is 13.2 Å². The van der Waals surface area contributed by atoms with Crippen molar-refractivity contribution in [3.63, 3.8) is 0 Å². The van der Waals surface area contributed by atoms with E-state index in [1.807, 2.05) is 19.1 Å². The molecule has 1 aliphatic rings. The highest BCUT2D eigenvalue weighted by molar-refractivity contribution is 5.75.